The van der Waals surface area contributed by atoms with Crippen LogP contribution in [0.3, 0.4) is 0 Å². The van der Waals surface area contributed by atoms with E-state index in [4.69, 9.17) is 4.74 Å². The number of thiazole rings is 1. The van der Waals surface area contributed by atoms with E-state index in [2.05, 4.69) is 23.3 Å². The van der Waals surface area contributed by atoms with E-state index < -0.39 is 10.0 Å². The van der Waals surface area contributed by atoms with Crippen molar-refractivity contribution >= 4 is 42.6 Å². The number of aryl methyl sites for hydroxylation is 1. The first-order valence-electron chi connectivity index (χ1n) is 9.36. The van der Waals surface area contributed by atoms with Gasteiger partial charge in [-0.1, -0.05) is 24.3 Å². The van der Waals surface area contributed by atoms with Crippen molar-refractivity contribution in [2.45, 2.75) is 18.2 Å². The molecule has 1 aromatic heterocycles. The lowest BCUT2D eigenvalue weighted by Gasteiger charge is -2.26. The molecular formula is C20H21N3O4S2. The largest absolute Gasteiger partial charge is 0.379 e. The van der Waals surface area contributed by atoms with Crippen molar-refractivity contribution in [2.24, 2.45) is 0 Å². The number of hydrogen-bond donors (Lipinski definition) is 1. The van der Waals surface area contributed by atoms with Gasteiger partial charge in [0.15, 0.2) is 5.13 Å². The van der Waals surface area contributed by atoms with Crippen molar-refractivity contribution < 1.29 is 17.9 Å². The Morgan fingerprint density at radius 1 is 1.17 bits per heavy atom. The number of morpholine rings is 1. The molecule has 0 bridgehead atoms. The van der Waals surface area contributed by atoms with Crippen LogP contribution < -0.4 is 5.32 Å². The third-order valence-corrected chi connectivity index (χ3v) is 7.65. The highest BCUT2D eigenvalue weighted by molar-refractivity contribution is 7.89. The highest BCUT2D eigenvalue weighted by atomic mass is 32.2. The minimum Gasteiger partial charge on any atom is -0.379 e. The van der Waals surface area contributed by atoms with E-state index in [0.717, 1.165) is 16.6 Å². The monoisotopic (exact) mass is 431 g/mol. The maximum atomic E-state index is 12.7. The van der Waals surface area contributed by atoms with Gasteiger partial charge in [-0.3, -0.25) is 10.1 Å². The van der Waals surface area contributed by atoms with E-state index in [1.54, 1.807) is 0 Å². The van der Waals surface area contributed by atoms with E-state index in [-0.39, 0.29) is 10.8 Å². The molecule has 152 valence electrons. The maximum absolute atomic E-state index is 12.7. The van der Waals surface area contributed by atoms with Crippen molar-refractivity contribution in [2.75, 3.05) is 31.6 Å². The van der Waals surface area contributed by atoms with Gasteiger partial charge in [-0.2, -0.15) is 4.31 Å². The Kier molecular flexibility index (Phi) is 5.64. The average Bonchev–Trinajstić information content (AvgIpc) is 3.15. The smallest absolute Gasteiger partial charge is 0.257 e. The molecule has 7 nitrogen and oxygen atoms in total. The molecule has 0 unspecified atom stereocenters. The first kappa shape index (κ1) is 20.0. The van der Waals surface area contributed by atoms with E-state index in [0.29, 0.717) is 37.0 Å². The summed E-state index contributed by atoms with van der Waals surface area (Å²) in [6.07, 6.45) is 0.940. The molecular weight excluding hydrogens is 410 g/mol. The molecule has 0 spiro atoms. The molecule has 0 radical (unpaired) electrons. The quantitative estimate of drug-likeness (QED) is 0.671. The molecule has 3 aromatic rings. The predicted octanol–water partition coefficient (Wildman–Crippen LogP) is 3.13. The molecule has 2 heterocycles. The maximum Gasteiger partial charge on any atom is 0.257 e. The molecule has 9 heteroatoms. The fourth-order valence-corrected chi connectivity index (χ4v) is 5.46. The average molecular weight is 432 g/mol. The second-order valence-corrected chi connectivity index (χ2v) is 9.64. The zero-order valence-corrected chi connectivity index (χ0v) is 17.6. The zero-order chi connectivity index (χ0) is 20.4. The van der Waals surface area contributed by atoms with E-state index in [1.165, 1.54) is 45.5 Å². The Hall–Kier alpha value is -2.33. The molecule has 1 fully saturated rings. The summed E-state index contributed by atoms with van der Waals surface area (Å²) >= 11 is 1.42. The number of ether oxygens (including phenoxy) is 1. The van der Waals surface area contributed by atoms with Crippen LogP contribution in [-0.2, 0) is 21.2 Å². The van der Waals surface area contributed by atoms with Crippen LogP contribution in [0, 0.1) is 0 Å². The summed E-state index contributed by atoms with van der Waals surface area (Å²) in [4.78, 5) is 17.2. The van der Waals surface area contributed by atoms with Gasteiger partial charge in [-0.05, 0) is 48.4 Å². The van der Waals surface area contributed by atoms with Crippen LogP contribution >= 0.6 is 11.3 Å². The summed E-state index contributed by atoms with van der Waals surface area (Å²) in [6.45, 7) is 3.54. The van der Waals surface area contributed by atoms with Gasteiger partial charge in [0.25, 0.3) is 5.91 Å². The van der Waals surface area contributed by atoms with Gasteiger partial charge < -0.3 is 4.74 Å². The van der Waals surface area contributed by atoms with E-state index >= 15 is 0 Å². The van der Waals surface area contributed by atoms with Gasteiger partial charge in [-0.25, -0.2) is 13.4 Å². The normalized spacial score (nSPS) is 15.5. The lowest BCUT2D eigenvalue weighted by Crippen LogP contribution is -2.40. The van der Waals surface area contributed by atoms with Crippen molar-refractivity contribution in [3.05, 3.63) is 53.6 Å². The van der Waals surface area contributed by atoms with Gasteiger partial charge >= 0.3 is 0 Å². The first-order chi connectivity index (χ1) is 14.0. The summed E-state index contributed by atoms with van der Waals surface area (Å²) in [7, 11) is -3.58. The van der Waals surface area contributed by atoms with Gasteiger partial charge in [0.1, 0.15) is 0 Å². The first-order valence-corrected chi connectivity index (χ1v) is 11.6. The summed E-state index contributed by atoms with van der Waals surface area (Å²) in [5, 5.41) is 3.32. The predicted molar refractivity (Wildman–Crippen MR) is 113 cm³/mol. The lowest BCUT2D eigenvalue weighted by molar-refractivity contribution is 0.0730. The molecule has 1 aliphatic rings. The molecule has 1 saturated heterocycles. The molecule has 1 aliphatic heterocycles. The number of sulfonamides is 1. The number of amides is 1. The summed E-state index contributed by atoms with van der Waals surface area (Å²) in [5.41, 5.74) is 2.44. The molecule has 1 amide bonds. The summed E-state index contributed by atoms with van der Waals surface area (Å²) in [6, 6.07) is 12.0. The Morgan fingerprint density at radius 3 is 2.59 bits per heavy atom. The van der Waals surface area contributed by atoms with E-state index in [9.17, 15) is 13.2 Å². The second-order valence-electron chi connectivity index (χ2n) is 6.67. The number of fused-ring (bicyclic) bond motifs is 1. The fourth-order valence-electron chi connectivity index (χ4n) is 3.13. The number of hydrogen-bond acceptors (Lipinski definition) is 6. The number of carbonyl (C=O) groups is 1. The molecule has 0 atom stereocenters. The SMILES string of the molecule is CCc1ccc2nc(NC(=O)c3ccc(S(=O)(=O)N4CCOCC4)cc3)sc2c1. The third-order valence-electron chi connectivity index (χ3n) is 4.81. The third kappa shape index (κ3) is 4.18. The van der Waals surface area contributed by atoms with Crippen molar-refractivity contribution in [3.8, 4) is 0 Å². The minimum atomic E-state index is -3.58. The highest BCUT2D eigenvalue weighted by Gasteiger charge is 2.26. The molecule has 0 saturated carbocycles. The van der Waals surface area contributed by atoms with Crippen LogP contribution in [0.15, 0.2) is 47.4 Å². The van der Waals surface area contributed by atoms with Crippen LogP contribution in [0.1, 0.15) is 22.8 Å². The van der Waals surface area contributed by atoms with Crippen LogP contribution in [0.25, 0.3) is 10.2 Å². The van der Waals surface area contributed by atoms with Crippen LogP contribution in [0.4, 0.5) is 5.13 Å². The molecule has 1 N–H and O–H groups in total. The number of nitrogens with zero attached hydrogens (tertiary/aromatic N) is 2. The van der Waals surface area contributed by atoms with Crippen LogP contribution in [-0.4, -0.2) is 49.9 Å². The Morgan fingerprint density at radius 2 is 1.90 bits per heavy atom. The molecule has 29 heavy (non-hydrogen) atoms. The van der Waals surface area contributed by atoms with Crippen LogP contribution in [0.2, 0.25) is 0 Å². The minimum absolute atomic E-state index is 0.169. The number of aromatic nitrogens is 1. The number of nitrogens with one attached hydrogen (secondary N) is 1. The van der Waals surface area contributed by atoms with Gasteiger partial charge in [0.2, 0.25) is 10.0 Å². The second kappa shape index (κ2) is 8.19. The summed E-state index contributed by atoms with van der Waals surface area (Å²) < 4.78 is 33.0. The number of carbonyl (C=O) groups excluding carboxylic acids is 1. The van der Waals surface area contributed by atoms with Crippen LogP contribution in [0.5, 0.6) is 0 Å². The topological polar surface area (TPSA) is 88.6 Å². The van der Waals surface area contributed by atoms with Gasteiger partial charge in [0.05, 0.1) is 28.3 Å². The Balaban J connectivity index is 1.49. The van der Waals surface area contributed by atoms with Gasteiger partial charge in [0, 0.05) is 18.7 Å². The zero-order valence-electron chi connectivity index (χ0n) is 15.9. The highest BCUT2D eigenvalue weighted by Crippen LogP contribution is 2.27. The Labute approximate surface area is 173 Å². The summed E-state index contributed by atoms with van der Waals surface area (Å²) in [5.74, 6) is -0.324. The number of benzene rings is 2. The number of anilines is 1. The Bertz CT molecular complexity index is 1130. The molecule has 2 aromatic carbocycles. The van der Waals surface area contributed by atoms with E-state index in [1.807, 2.05) is 12.1 Å². The van der Waals surface area contributed by atoms with Crippen molar-refractivity contribution in [3.63, 3.8) is 0 Å². The standard InChI is InChI=1S/C20H21N3O4S2/c1-2-14-3-8-17-18(13-14)28-20(21-17)22-19(24)15-4-6-16(7-5-15)29(25,26)23-9-11-27-12-10-23/h3-8,13H,2,9-12H2,1H3,(H,21,22,24). The fraction of sp³-hybridized carbons (Fsp3) is 0.300. The molecule has 0 aliphatic carbocycles. The van der Waals surface area contributed by atoms with Crippen molar-refractivity contribution in [1.82, 2.24) is 9.29 Å². The van der Waals surface area contributed by atoms with Crippen molar-refractivity contribution in [1.29, 1.82) is 0 Å². The lowest BCUT2D eigenvalue weighted by atomic mass is 10.2. The number of rotatable bonds is 5. The van der Waals surface area contributed by atoms with Gasteiger partial charge in [-0.15, -0.1) is 0 Å². The molecule has 4 rings (SSSR count).